The molecule has 0 N–H and O–H groups in total. The van der Waals surface area contributed by atoms with Gasteiger partial charge < -0.3 is 4.74 Å². The monoisotopic (exact) mass is 325 g/mol. The highest BCUT2D eigenvalue weighted by molar-refractivity contribution is 5.72. The lowest BCUT2D eigenvalue weighted by Crippen LogP contribution is -2.16. The van der Waals surface area contributed by atoms with E-state index in [1.54, 1.807) is 6.92 Å². The van der Waals surface area contributed by atoms with Crippen LogP contribution in [-0.2, 0) is 9.53 Å². The first-order chi connectivity index (χ1) is 11.3. The minimum atomic E-state index is -0.00737. The lowest BCUT2D eigenvalue weighted by molar-refractivity contribution is -0.145. The van der Waals surface area contributed by atoms with Crippen molar-refractivity contribution in [2.24, 2.45) is 5.92 Å². The van der Waals surface area contributed by atoms with Crippen molar-refractivity contribution in [3.05, 3.63) is 6.61 Å². The number of hydrogen-bond acceptors (Lipinski definition) is 2. The molecule has 1 radical (unpaired) electrons. The molecule has 1 unspecified atom stereocenters. The van der Waals surface area contributed by atoms with Crippen LogP contribution in [0, 0.1) is 12.5 Å². The fraction of sp³-hybridized carbons (Fsp3) is 0.905. The van der Waals surface area contributed by atoms with Gasteiger partial charge in [-0.3, -0.25) is 4.79 Å². The maximum atomic E-state index is 12.1. The SMILES string of the molecule is C[CH]OC(=O)C(CCCCCCCC)CCCCCCCCC. The summed E-state index contributed by atoms with van der Waals surface area (Å²) in [5.41, 5.74) is 0. The minimum Gasteiger partial charge on any atom is -0.459 e. The van der Waals surface area contributed by atoms with Crippen LogP contribution in [0.1, 0.15) is 117 Å². The Morgan fingerprint density at radius 3 is 1.52 bits per heavy atom. The Hall–Kier alpha value is -0.530. The van der Waals surface area contributed by atoms with Crippen LogP contribution >= 0.6 is 0 Å². The Kier molecular flexibility index (Phi) is 17.4. The van der Waals surface area contributed by atoms with E-state index in [-0.39, 0.29) is 11.9 Å². The van der Waals surface area contributed by atoms with Gasteiger partial charge in [0.25, 0.3) is 0 Å². The smallest absolute Gasteiger partial charge is 0.309 e. The lowest BCUT2D eigenvalue weighted by atomic mass is 9.94. The molecular formula is C21H41O2. The summed E-state index contributed by atoms with van der Waals surface area (Å²) in [6, 6.07) is 0. The maximum absolute atomic E-state index is 12.1. The molecule has 0 aliphatic carbocycles. The molecule has 0 aromatic heterocycles. The second kappa shape index (κ2) is 17.8. The standard InChI is InChI=1S/C21H41O2/c1-4-7-9-11-13-15-17-19-20(21(22)23-6-3)18-16-14-12-10-8-5-2/h6,20H,4-5,7-19H2,1-3H3. The topological polar surface area (TPSA) is 26.3 Å². The van der Waals surface area contributed by atoms with Crippen molar-refractivity contribution in [2.45, 2.75) is 117 Å². The van der Waals surface area contributed by atoms with Gasteiger partial charge in [0.1, 0.15) is 6.61 Å². The van der Waals surface area contributed by atoms with Crippen molar-refractivity contribution in [3.8, 4) is 0 Å². The summed E-state index contributed by atoms with van der Waals surface area (Å²) < 4.78 is 5.15. The Morgan fingerprint density at radius 1 is 0.739 bits per heavy atom. The third kappa shape index (κ3) is 14.8. The molecule has 1 atom stereocenters. The average molecular weight is 326 g/mol. The third-order valence-electron chi connectivity index (χ3n) is 4.63. The van der Waals surface area contributed by atoms with E-state index in [1.807, 2.05) is 0 Å². The molecule has 0 bridgehead atoms. The van der Waals surface area contributed by atoms with Crippen LogP contribution in [0.25, 0.3) is 0 Å². The third-order valence-corrected chi connectivity index (χ3v) is 4.63. The van der Waals surface area contributed by atoms with Crippen LogP contribution in [0.15, 0.2) is 0 Å². The van der Waals surface area contributed by atoms with Gasteiger partial charge in [-0.05, 0) is 19.8 Å². The van der Waals surface area contributed by atoms with Crippen LogP contribution in [0.4, 0.5) is 0 Å². The van der Waals surface area contributed by atoms with E-state index in [9.17, 15) is 4.79 Å². The zero-order chi connectivity index (χ0) is 17.2. The van der Waals surface area contributed by atoms with Gasteiger partial charge in [-0.15, -0.1) is 0 Å². The van der Waals surface area contributed by atoms with Gasteiger partial charge in [0.15, 0.2) is 0 Å². The Morgan fingerprint density at radius 2 is 1.13 bits per heavy atom. The first kappa shape index (κ1) is 22.5. The van der Waals surface area contributed by atoms with E-state index < -0.39 is 0 Å². The second-order valence-corrected chi connectivity index (χ2v) is 6.84. The molecule has 0 aliphatic heterocycles. The summed E-state index contributed by atoms with van der Waals surface area (Å²) in [5, 5.41) is 0. The molecule has 0 fully saturated rings. The second-order valence-electron chi connectivity index (χ2n) is 6.84. The number of hydrogen-bond donors (Lipinski definition) is 0. The predicted molar refractivity (Wildman–Crippen MR) is 100 cm³/mol. The van der Waals surface area contributed by atoms with E-state index >= 15 is 0 Å². The summed E-state index contributed by atoms with van der Waals surface area (Å²) in [6.45, 7) is 7.81. The van der Waals surface area contributed by atoms with Crippen LogP contribution < -0.4 is 0 Å². The highest BCUT2D eigenvalue weighted by atomic mass is 16.5. The number of esters is 1. The molecule has 0 aliphatic rings. The fourth-order valence-corrected chi connectivity index (χ4v) is 3.11. The first-order valence-corrected chi connectivity index (χ1v) is 10.2. The number of carbonyl (C=O) groups excluding carboxylic acids is 1. The normalized spacial score (nSPS) is 12.3. The van der Waals surface area contributed by atoms with Crippen LogP contribution in [-0.4, -0.2) is 5.97 Å². The molecule has 0 heterocycles. The van der Waals surface area contributed by atoms with E-state index in [0.29, 0.717) is 0 Å². The number of unbranched alkanes of at least 4 members (excludes halogenated alkanes) is 11. The van der Waals surface area contributed by atoms with Crippen molar-refractivity contribution in [3.63, 3.8) is 0 Å². The van der Waals surface area contributed by atoms with Crippen LogP contribution in [0.2, 0.25) is 0 Å². The first-order valence-electron chi connectivity index (χ1n) is 10.2. The minimum absolute atomic E-state index is 0.00737. The Bertz CT molecular complexity index is 250. The van der Waals surface area contributed by atoms with Crippen molar-refractivity contribution in [1.82, 2.24) is 0 Å². The lowest BCUT2D eigenvalue weighted by Gasteiger charge is -2.15. The molecular weight excluding hydrogens is 284 g/mol. The molecule has 2 heteroatoms. The largest absolute Gasteiger partial charge is 0.459 e. The van der Waals surface area contributed by atoms with Gasteiger partial charge in [-0.1, -0.05) is 97.3 Å². The molecule has 23 heavy (non-hydrogen) atoms. The van der Waals surface area contributed by atoms with E-state index in [1.165, 1.54) is 90.1 Å². The van der Waals surface area contributed by atoms with Gasteiger partial charge in [-0.2, -0.15) is 0 Å². The number of carbonyl (C=O) groups is 1. The highest BCUT2D eigenvalue weighted by Gasteiger charge is 2.18. The fourth-order valence-electron chi connectivity index (χ4n) is 3.11. The maximum Gasteiger partial charge on any atom is 0.309 e. The predicted octanol–water partition coefficient (Wildman–Crippen LogP) is 7.22. The van der Waals surface area contributed by atoms with Gasteiger partial charge in [0, 0.05) is 0 Å². The molecule has 2 nitrogen and oxygen atoms in total. The summed E-state index contributed by atoms with van der Waals surface area (Å²) in [6.07, 6.45) is 18.9. The van der Waals surface area contributed by atoms with E-state index in [0.717, 1.165) is 12.8 Å². The van der Waals surface area contributed by atoms with Gasteiger partial charge in [0.05, 0.1) is 5.92 Å². The Balaban J connectivity index is 3.80. The quantitative estimate of drug-likeness (QED) is 0.208. The van der Waals surface area contributed by atoms with Crippen molar-refractivity contribution >= 4 is 5.97 Å². The average Bonchev–Trinajstić information content (AvgIpc) is 2.55. The zero-order valence-corrected chi connectivity index (χ0v) is 16.1. The summed E-state index contributed by atoms with van der Waals surface area (Å²) in [5.74, 6) is 0.111. The molecule has 0 amide bonds. The molecule has 0 spiro atoms. The van der Waals surface area contributed by atoms with E-state index in [4.69, 9.17) is 4.74 Å². The zero-order valence-electron chi connectivity index (χ0n) is 16.1. The molecule has 0 saturated carbocycles. The number of rotatable bonds is 17. The molecule has 0 aromatic rings. The molecule has 0 rings (SSSR count). The summed E-state index contributed by atoms with van der Waals surface area (Å²) >= 11 is 0. The highest BCUT2D eigenvalue weighted by Crippen LogP contribution is 2.21. The van der Waals surface area contributed by atoms with Gasteiger partial charge in [0.2, 0.25) is 0 Å². The van der Waals surface area contributed by atoms with Crippen molar-refractivity contribution < 1.29 is 9.53 Å². The van der Waals surface area contributed by atoms with Gasteiger partial charge >= 0.3 is 5.97 Å². The molecule has 0 saturated heterocycles. The van der Waals surface area contributed by atoms with Crippen molar-refractivity contribution in [1.29, 1.82) is 0 Å². The summed E-state index contributed by atoms with van der Waals surface area (Å²) in [4.78, 5) is 12.1. The van der Waals surface area contributed by atoms with Crippen LogP contribution in [0.3, 0.4) is 0 Å². The van der Waals surface area contributed by atoms with Crippen molar-refractivity contribution in [2.75, 3.05) is 0 Å². The van der Waals surface area contributed by atoms with Crippen LogP contribution in [0.5, 0.6) is 0 Å². The molecule has 137 valence electrons. The molecule has 0 aromatic carbocycles. The van der Waals surface area contributed by atoms with Gasteiger partial charge in [-0.25, -0.2) is 0 Å². The van der Waals surface area contributed by atoms with E-state index in [2.05, 4.69) is 13.8 Å². The summed E-state index contributed by atoms with van der Waals surface area (Å²) in [7, 11) is 0. The number of ether oxygens (including phenoxy) is 1. The Labute approximate surface area is 145 Å².